The molecule has 13 heavy (non-hydrogen) atoms. The molecule has 0 aliphatic rings. The zero-order chi connectivity index (χ0) is 9.68. The van der Waals surface area contributed by atoms with Crippen LogP contribution < -0.4 is 10.5 Å². The quantitative estimate of drug-likeness (QED) is 0.723. The van der Waals surface area contributed by atoms with Crippen molar-refractivity contribution in [2.75, 3.05) is 13.2 Å². The lowest BCUT2D eigenvalue weighted by molar-refractivity contribution is 0.201. The predicted molar refractivity (Wildman–Crippen MR) is 51.7 cm³/mol. The number of aryl methyl sites for hydroxylation is 1. The first kappa shape index (κ1) is 10.0. The highest BCUT2D eigenvalue weighted by Gasteiger charge is 1.98. The highest BCUT2D eigenvalue weighted by atomic mass is 16.5. The molecule has 0 atom stereocenters. The maximum Gasteiger partial charge on any atom is 0.119 e. The molecule has 0 radical (unpaired) electrons. The second kappa shape index (κ2) is 4.84. The van der Waals surface area contributed by atoms with Gasteiger partial charge in [0.2, 0.25) is 0 Å². The van der Waals surface area contributed by atoms with Crippen LogP contribution >= 0.6 is 0 Å². The highest BCUT2D eigenvalue weighted by Crippen LogP contribution is 2.16. The average Bonchev–Trinajstić information content (AvgIpc) is 2.15. The van der Waals surface area contributed by atoms with Crippen LogP contribution in [0.3, 0.4) is 0 Å². The lowest BCUT2D eigenvalue weighted by atomic mass is 10.1. The van der Waals surface area contributed by atoms with Crippen LogP contribution in [0.5, 0.6) is 5.75 Å². The molecule has 0 amide bonds. The third kappa shape index (κ3) is 2.72. The molecule has 1 aromatic carbocycles. The van der Waals surface area contributed by atoms with Gasteiger partial charge in [-0.15, -0.1) is 0 Å². The van der Waals surface area contributed by atoms with Crippen molar-refractivity contribution in [2.45, 2.75) is 13.5 Å². The molecule has 0 aliphatic heterocycles. The Labute approximate surface area is 78.1 Å². The zero-order valence-electron chi connectivity index (χ0n) is 7.79. The van der Waals surface area contributed by atoms with Crippen molar-refractivity contribution in [1.82, 2.24) is 0 Å². The van der Waals surface area contributed by atoms with E-state index in [2.05, 4.69) is 0 Å². The van der Waals surface area contributed by atoms with Gasteiger partial charge in [0.1, 0.15) is 12.4 Å². The molecule has 0 unspecified atom stereocenters. The first-order valence-corrected chi connectivity index (χ1v) is 4.31. The van der Waals surface area contributed by atoms with E-state index in [9.17, 15) is 0 Å². The van der Waals surface area contributed by atoms with Gasteiger partial charge in [-0.3, -0.25) is 0 Å². The Kier molecular flexibility index (Phi) is 3.73. The minimum absolute atomic E-state index is 0.0394. The molecule has 0 spiro atoms. The van der Waals surface area contributed by atoms with Crippen LogP contribution in [0.25, 0.3) is 0 Å². The highest BCUT2D eigenvalue weighted by molar-refractivity contribution is 5.34. The van der Waals surface area contributed by atoms with Crippen molar-refractivity contribution in [3.8, 4) is 5.75 Å². The zero-order valence-corrected chi connectivity index (χ0v) is 7.79. The number of benzene rings is 1. The summed E-state index contributed by atoms with van der Waals surface area (Å²) in [6.45, 7) is 2.92. The third-order valence-electron chi connectivity index (χ3n) is 1.89. The van der Waals surface area contributed by atoms with E-state index in [0.717, 1.165) is 16.9 Å². The number of rotatable bonds is 4. The fourth-order valence-electron chi connectivity index (χ4n) is 1.15. The summed E-state index contributed by atoms with van der Waals surface area (Å²) in [6.07, 6.45) is 0. The minimum Gasteiger partial charge on any atom is -0.491 e. The van der Waals surface area contributed by atoms with E-state index in [1.54, 1.807) is 0 Å². The van der Waals surface area contributed by atoms with Crippen molar-refractivity contribution in [1.29, 1.82) is 0 Å². The van der Waals surface area contributed by atoms with E-state index in [1.807, 2.05) is 25.1 Å². The molecule has 1 aromatic rings. The number of aliphatic hydroxyl groups is 1. The van der Waals surface area contributed by atoms with Gasteiger partial charge in [0.15, 0.2) is 0 Å². The fourth-order valence-corrected chi connectivity index (χ4v) is 1.15. The lowest BCUT2D eigenvalue weighted by Gasteiger charge is -2.07. The summed E-state index contributed by atoms with van der Waals surface area (Å²) in [5.74, 6) is 0.781. The topological polar surface area (TPSA) is 55.5 Å². The Hall–Kier alpha value is -1.06. The number of nitrogens with two attached hydrogens (primary N) is 1. The summed E-state index contributed by atoms with van der Waals surface area (Å²) in [4.78, 5) is 0. The van der Waals surface area contributed by atoms with Gasteiger partial charge in [-0.1, -0.05) is 6.07 Å². The number of hydrogen-bond acceptors (Lipinski definition) is 3. The molecule has 0 saturated heterocycles. The predicted octanol–water partition coefficient (Wildman–Crippen LogP) is 0.825. The summed E-state index contributed by atoms with van der Waals surface area (Å²) < 4.78 is 5.24. The molecular weight excluding hydrogens is 166 g/mol. The molecule has 72 valence electrons. The van der Waals surface area contributed by atoms with Crippen LogP contribution in [0.1, 0.15) is 11.1 Å². The Morgan fingerprint density at radius 3 is 2.77 bits per heavy atom. The average molecular weight is 181 g/mol. The molecule has 0 saturated carbocycles. The normalized spacial score (nSPS) is 10.1. The fraction of sp³-hybridized carbons (Fsp3) is 0.400. The molecule has 3 nitrogen and oxygen atoms in total. The van der Waals surface area contributed by atoms with Gasteiger partial charge in [-0.05, 0) is 30.2 Å². The molecule has 0 heterocycles. The van der Waals surface area contributed by atoms with E-state index in [4.69, 9.17) is 15.6 Å². The first-order valence-electron chi connectivity index (χ1n) is 4.31. The van der Waals surface area contributed by atoms with Gasteiger partial charge in [0.25, 0.3) is 0 Å². The van der Waals surface area contributed by atoms with Gasteiger partial charge < -0.3 is 15.6 Å². The first-order chi connectivity index (χ1) is 6.27. The molecule has 0 fully saturated rings. The van der Waals surface area contributed by atoms with Gasteiger partial charge in [-0.25, -0.2) is 0 Å². The third-order valence-corrected chi connectivity index (χ3v) is 1.89. The van der Waals surface area contributed by atoms with Crippen molar-refractivity contribution in [3.63, 3.8) is 0 Å². The minimum atomic E-state index is 0.0394. The van der Waals surface area contributed by atoms with Crippen molar-refractivity contribution < 1.29 is 9.84 Å². The molecular formula is C10H15NO2. The number of aliphatic hydroxyl groups excluding tert-OH is 1. The molecule has 0 aromatic heterocycles. The maximum atomic E-state index is 8.55. The molecule has 0 bridgehead atoms. The SMILES string of the molecule is Cc1cc(OCCO)ccc1CN. The van der Waals surface area contributed by atoms with Gasteiger partial charge in [0, 0.05) is 6.54 Å². The second-order valence-electron chi connectivity index (χ2n) is 2.86. The smallest absolute Gasteiger partial charge is 0.119 e. The van der Waals surface area contributed by atoms with Crippen molar-refractivity contribution >= 4 is 0 Å². The standard InChI is InChI=1S/C10H15NO2/c1-8-6-10(13-5-4-12)3-2-9(8)7-11/h2-3,6,12H,4-5,7,11H2,1H3. The molecule has 3 heteroatoms. The van der Waals surface area contributed by atoms with Crippen molar-refractivity contribution in [3.05, 3.63) is 29.3 Å². The van der Waals surface area contributed by atoms with Gasteiger partial charge >= 0.3 is 0 Å². The van der Waals surface area contributed by atoms with Crippen LogP contribution in [-0.4, -0.2) is 18.3 Å². The molecule has 0 aliphatic carbocycles. The van der Waals surface area contributed by atoms with Crippen LogP contribution in [0, 0.1) is 6.92 Å². The van der Waals surface area contributed by atoms with E-state index in [-0.39, 0.29) is 6.61 Å². The molecule has 1 rings (SSSR count). The Balaban J connectivity index is 2.71. The van der Waals surface area contributed by atoms with Crippen LogP contribution in [0.2, 0.25) is 0 Å². The van der Waals surface area contributed by atoms with Crippen LogP contribution in [0.4, 0.5) is 0 Å². The summed E-state index contributed by atoms with van der Waals surface area (Å²) in [5, 5.41) is 8.55. The van der Waals surface area contributed by atoms with E-state index in [0.29, 0.717) is 13.2 Å². The second-order valence-corrected chi connectivity index (χ2v) is 2.86. The Morgan fingerprint density at radius 2 is 2.23 bits per heavy atom. The summed E-state index contributed by atoms with van der Waals surface area (Å²) >= 11 is 0. The van der Waals surface area contributed by atoms with Gasteiger partial charge in [-0.2, -0.15) is 0 Å². The van der Waals surface area contributed by atoms with E-state index in [1.165, 1.54) is 0 Å². The Morgan fingerprint density at radius 1 is 1.46 bits per heavy atom. The van der Waals surface area contributed by atoms with Crippen LogP contribution in [0.15, 0.2) is 18.2 Å². The lowest BCUT2D eigenvalue weighted by Crippen LogP contribution is -2.03. The van der Waals surface area contributed by atoms with Crippen molar-refractivity contribution in [2.24, 2.45) is 5.73 Å². The number of ether oxygens (including phenoxy) is 1. The van der Waals surface area contributed by atoms with E-state index < -0.39 is 0 Å². The largest absolute Gasteiger partial charge is 0.491 e. The summed E-state index contributed by atoms with van der Waals surface area (Å²) in [7, 11) is 0. The van der Waals surface area contributed by atoms with Crippen LogP contribution in [-0.2, 0) is 6.54 Å². The summed E-state index contributed by atoms with van der Waals surface area (Å²) in [5.41, 5.74) is 7.76. The molecule has 3 N–H and O–H groups in total. The van der Waals surface area contributed by atoms with Gasteiger partial charge in [0.05, 0.1) is 6.61 Å². The summed E-state index contributed by atoms with van der Waals surface area (Å²) in [6, 6.07) is 5.74. The maximum absolute atomic E-state index is 8.55. The van der Waals surface area contributed by atoms with E-state index >= 15 is 0 Å². The number of hydrogen-bond donors (Lipinski definition) is 2. The Bertz CT molecular complexity index is 274. The monoisotopic (exact) mass is 181 g/mol.